The molecule has 298 valence electrons. The van der Waals surface area contributed by atoms with Crippen LogP contribution in [0, 0.1) is 0 Å². The van der Waals surface area contributed by atoms with Gasteiger partial charge in [-0.15, -0.1) is 0 Å². The van der Waals surface area contributed by atoms with Crippen LogP contribution in [-0.2, 0) is 0 Å². The van der Waals surface area contributed by atoms with E-state index in [1.54, 1.807) is 0 Å². The van der Waals surface area contributed by atoms with E-state index < -0.39 is 0 Å². The minimum absolute atomic E-state index is 0.00442. The molecule has 0 fully saturated rings. The zero-order valence-corrected chi connectivity index (χ0v) is 34.4. The quantitative estimate of drug-likeness (QED) is 0.128. The van der Waals surface area contributed by atoms with Crippen LogP contribution in [0.15, 0.2) is 217 Å². The van der Waals surface area contributed by atoms with Crippen molar-refractivity contribution in [3.8, 4) is 45.5 Å². The average molecular weight is 818 g/mol. The fraction of sp³-hybridized carbons (Fsp3) is 0. The molecule has 6 nitrogen and oxygen atoms in total. The zero-order chi connectivity index (χ0) is 42.3. The Kier molecular flexibility index (Phi) is 7.96. The van der Waals surface area contributed by atoms with Gasteiger partial charge >= 0.3 is 0 Å². The highest BCUT2D eigenvalue weighted by Crippen LogP contribution is 2.42. The fourth-order valence-corrected chi connectivity index (χ4v) is 9.81. The van der Waals surface area contributed by atoms with Gasteiger partial charge in [0.1, 0.15) is 0 Å². The molecule has 0 spiro atoms. The molecule has 0 atom stereocenters. The Morgan fingerprint density at radius 1 is 0.266 bits per heavy atom. The van der Waals surface area contributed by atoms with E-state index in [-0.39, 0.29) is 5.43 Å². The first-order chi connectivity index (χ1) is 31.7. The molecule has 0 aliphatic carbocycles. The number of hydrogen-bond donors (Lipinski definition) is 0. The Morgan fingerprint density at radius 2 is 0.672 bits per heavy atom. The molecule has 0 aliphatic rings. The number of aromatic nitrogens is 5. The van der Waals surface area contributed by atoms with Gasteiger partial charge < -0.3 is 9.13 Å². The lowest BCUT2D eigenvalue weighted by Crippen LogP contribution is -2.11. The molecule has 3 aromatic heterocycles. The van der Waals surface area contributed by atoms with Crippen LogP contribution in [0.2, 0.25) is 0 Å². The van der Waals surface area contributed by atoms with Crippen LogP contribution in [0.25, 0.3) is 121 Å². The van der Waals surface area contributed by atoms with Gasteiger partial charge in [0, 0.05) is 49.6 Å². The van der Waals surface area contributed by atoms with Gasteiger partial charge in [0.05, 0.1) is 22.1 Å². The Bertz CT molecular complexity index is 4030. The lowest BCUT2D eigenvalue weighted by molar-refractivity contribution is 1.07. The largest absolute Gasteiger partial charge is 0.309 e. The lowest BCUT2D eigenvalue weighted by Gasteiger charge is -2.17. The maximum absolute atomic E-state index is 14.8. The number of benzene rings is 10. The summed E-state index contributed by atoms with van der Waals surface area (Å²) < 4.78 is 4.58. The van der Waals surface area contributed by atoms with Crippen LogP contribution in [0.3, 0.4) is 0 Å². The first-order valence-electron chi connectivity index (χ1n) is 21.5. The molecule has 0 aliphatic heterocycles. The lowest BCUT2D eigenvalue weighted by atomic mass is 9.93. The van der Waals surface area contributed by atoms with E-state index in [1.165, 1.54) is 32.3 Å². The summed E-state index contributed by atoms with van der Waals surface area (Å²) >= 11 is 0. The molecule has 0 bridgehead atoms. The van der Waals surface area contributed by atoms with Crippen LogP contribution in [0.1, 0.15) is 0 Å². The monoisotopic (exact) mass is 817 g/mol. The van der Waals surface area contributed by atoms with Gasteiger partial charge in [-0.25, -0.2) is 15.0 Å². The van der Waals surface area contributed by atoms with E-state index in [0.29, 0.717) is 28.2 Å². The number of nitrogens with zero attached hydrogens (tertiary/aromatic N) is 5. The van der Waals surface area contributed by atoms with Crippen LogP contribution in [-0.4, -0.2) is 24.1 Å². The fourth-order valence-electron chi connectivity index (χ4n) is 9.81. The third kappa shape index (κ3) is 5.52. The summed E-state index contributed by atoms with van der Waals surface area (Å²) in [6.45, 7) is 0. The molecule has 10 aromatic carbocycles. The van der Waals surface area contributed by atoms with Crippen molar-refractivity contribution < 1.29 is 0 Å². The zero-order valence-electron chi connectivity index (χ0n) is 34.4. The molecule has 0 amide bonds. The molecule has 0 saturated heterocycles. The minimum atomic E-state index is -0.00442. The summed E-state index contributed by atoms with van der Waals surface area (Å²) in [5.74, 6) is 1.75. The maximum atomic E-state index is 14.8. The number of hydrogen-bond acceptors (Lipinski definition) is 4. The van der Waals surface area contributed by atoms with Crippen molar-refractivity contribution in [2.45, 2.75) is 0 Å². The molecular weight excluding hydrogens is 783 g/mol. The summed E-state index contributed by atoms with van der Waals surface area (Å²) in [4.78, 5) is 29.9. The van der Waals surface area contributed by atoms with Crippen LogP contribution in [0.5, 0.6) is 0 Å². The molecule has 6 heteroatoms. The standard InChI is InChI=1S/C58H35N5O/c64-55-45-29-14-15-30-51(45)63(40-24-16-21-38(31-40)58-60-56(36-17-4-1-5-18-36)59-57(61-58)37-19-6-2-7-20-37)54-35-53-49(33-50(54)55)48-32-46-43-27-12-10-25-41(43)42-26-11-13-28-44(42)47(46)34-52(48)62(53)39-22-8-3-9-23-39/h1-35H. The summed E-state index contributed by atoms with van der Waals surface area (Å²) in [7, 11) is 0. The molecule has 3 heterocycles. The maximum Gasteiger partial charge on any atom is 0.197 e. The smallest absolute Gasteiger partial charge is 0.197 e. The molecule has 0 unspecified atom stereocenters. The molecule has 0 radical (unpaired) electrons. The summed E-state index contributed by atoms with van der Waals surface area (Å²) in [6, 6.07) is 73.2. The van der Waals surface area contributed by atoms with Crippen molar-refractivity contribution in [1.82, 2.24) is 24.1 Å². The van der Waals surface area contributed by atoms with Crippen LogP contribution < -0.4 is 5.43 Å². The Balaban J connectivity index is 1.11. The number of fused-ring (bicyclic) bond motifs is 11. The Hall–Kier alpha value is -8.74. The summed E-state index contributed by atoms with van der Waals surface area (Å²) in [5, 5.41) is 10.7. The second kappa shape index (κ2) is 14.2. The second-order valence-corrected chi connectivity index (χ2v) is 16.3. The van der Waals surface area contributed by atoms with E-state index >= 15 is 0 Å². The molecule has 0 N–H and O–H groups in total. The van der Waals surface area contributed by atoms with Gasteiger partial charge in [-0.05, 0) is 93.0 Å². The van der Waals surface area contributed by atoms with Gasteiger partial charge in [-0.2, -0.15) is 0 Å². The van der Waals surface area contributed by atoms with Gasteiger partial charge in [-0.1, -0.05) is 152 Å². The van der Waals surface area contributed by atoms with Crippen LogP contribution in [0.4, 0.5) is 0 Å². The van der Waals surface area contributed by atoms with Crippen molar-refractivity contribution in [2.75, 3.05) is 0 Å². The van der Waals surface area contributed by atoms with E-state index in [2.05, 4.69) is 124 Å². The number of para-hydroxylation sites is 2. The van der Waals surface area contributed by atoms with Crippen molar-refractivity contribution in [2.24, 2.45) is 0 Å². The van der Waals surface area contributed by atoms with E-state index in [4.69, 9.17) is 15.0 Å². The highest BCUT2D eigenvalue weighted by molar-refractivity contribution is 6.29. The van der Waals surface area contributed by atoms with Gasteiger partial charge in [-0.3, -0.25) is 4.79 Å². The Labute approximate surface area is 366 Å². The van der Waals surface area contributed by atoms with E-state index in [1.807, 2.05) is 97.1 Å². The summed E-state index contributed by atoms with van der Waals surface area (Å²) in [5.41, 5.74) is 8.27. The minimum Gasteiger partial charge on any atom is -0.309 e. The topological polar surface area (TPSA) is 65.6 Å². The molecule has 13 rings (SSSR count). The normalized spacial score (nSPS) is 11.8. The van der Waals surface area contributed by atoms with E-state index in [9.17, 15) is 4.79 Å². The third-order valence-corrected chi connectivity index (χ3v) is 12.7. The summed E-state index contributed by atoms with van der Waals surface area (Å²) in [6.07, 6.45) is 0. The predicted molar refractivity (Wildman–Crippen MR) is 264 cm³/mol. The van der Waals surface area contributed by atoms with Crippen molar-refractivity contribution >= 4 is 75.9 Å². The van der Waals surface area contributed by atoms with Crippen molar-refractivity contribution in [3.05, 3.63) is 223 Å². The average Bonchev–Trinajstić information content (AvgIpc) is 3.68. The first-order valence-corrected chi connectivity index (χ1v) is 21.5. The molecule has 13 aromatic rings. The molecular formula is C58H35N5O. The molecule has 64 heavy (non-hydrogen) atoms. The highest BCUT2D eigenvalue weighted by atomic mass is 16.1. The van der Waals surface area contributed by atoms with E-state index in [0.717, 1.165) is 60.9 Å². The Morgan fingerprint density at radius 3 is 1.28 bits per heavy atom. The molecule has 0 saturated carbocycles. The second-order valence-electron chi connectivity index (χ2n) is 16.3. The number of pyridine rings is 1. The van der Waals surface area contributed by atoms with Gasteiger partial charge in [0.15, 0.2) is 22.9 Å². The highest BCUT2D eigenvalue weighted by Gasteiger charge is 2.21. The van der Waals surface area contributed by atoms with Crippen molar-refractivity contribution in [1.29, 1.82) is 0 Å². The van der Waals surface area contributed by atoms with Crippen molar-refractivity contribution in [3.63, 3.8) is 0 Å². The third-order valence-electron chi connectivity index (χ3n) is 12.7. The van der Waals surface area contributed by atoms with Crippen LogP contribution >= 0.6 is 0 Å². The first kappa shape index (κ1) is 36.0. The predicted octanol–water partition coefficient (Wildman–Crippen LogP) is 13.9. The van der Waals surface area contributed by atoms with Gasteiger partial charge in [0.25, 0.3) is 0 Å². The SMILES string of the molecule is O=c1c2ccccc2n(-c2cccc(-c3nc(-c4ccccc4)nc(-c4ccccc4)n3)c2)c2cc3c(cc12)c1cc2c4ccccc4c4ccccc4c2cc1n3-c1ccccc1. The van der Waals surface area contributed by atoms with Gasteiger partial charge in [0.2, 0.25) is 0 Å². The number of rotatable bonds is 5.